The van der Waals surface area contributed by atoms with Crippen molar-refractivity contribution >= 4 is 11.7 Å². The van der Waals surface area contributed by atoms with Gasteiger partial charge in [-0.1, -0.05) is 59.8 Å². The summed E-state index contributed by atoms with van der Waals surface area (Å²) >= 11 is 0. The van der Waals surface area contributed by atoms with Crippen molar-refractivity contribution in [2.75, 3.05) is 5.32 Å². The van der Waals surface area contributed by atoms with Gasteiger partial charge in [0.05, 0.1) is 0 Å². The van der Waals surface area contributed by atoms with E-state index in [9.17, 15) is 4.79 Å². The zero-order valence-electron chi connectivity index (χ0n) is 13.4. The Hall–Kier alpha value is -1.32. The number of unbranched alkanes of at least 4 members (excludes halogenated alkanes) is 5. The summed E-state index contributed by atoms with van der Waals surface area (Å²) in [6.07, 6.45) is 7.77. The van der Waals surface area contributed by atoms with Crippen molar-refractivity contribution in [1.29, 1.82) is 0 Å². The summed E-state index contributed by atoms with van der Waals surface area (Å²) in [6, 6.07) is 1.92. The van der Waals surface area contributed by atoms with E-state index in [0.29, 0.717) is 12.2 Å². The molecule has 0 aromatic carbocycles. The van der Waals surface area contributed by atoms with Crippen molar-refractivity contribution in [3.05, 3.63) is 11.8 Å². The van der Waals surface area contributed by atoms with Crippen LogP contribution in [-0.4, -0.2) is 16.1 Å². The van der Waals surface area contributed by atoms with E-state index in [1.807, 2.05) is 6.07 Å². The summed E-state index contributed by atoms with van der Waals surface area (Å²) in [5.74, 6) is 0.693. The third-order valence-corrected chi connectivity index (χ3v) is 3.41. The summed E-state index contributed by atoms with van der Waals surface area (Å²) < 4.78 is 0. The number of nitrogens with zero attached hydrogens (tertiary/aromatic N) is 1. The van der Waals surface area contributed by atoms with Crippen molar-refractivity contribution < 1.29 is 4.79 Å². The average Bonchev–Trinajstić information content (AvgIpc) is 2.82. The van der Waals surface area contributed by atoms with Gasteiger partial charge in [0.15, 0.2) is 5.82 Å². The molecule has 0 bridgehead atoms. The van der Waals surface area contributed by atoms with Crippen LogP contribution < -0.4 is 5.32 Å². The summed E-state index contributed by atoms with van der Waals surface area (Å²) in [4.78, 5) is 11.8. The Morgan fingerprint density at radius 2 is 1.85 bits per heavy atom. The Balaban J connectivity index is 2.24. The van der Waals surface area contributed by atoms with Crippen molar-refractivity contribution in [2.45, 2.75) is 78.1 Å². The molecule has 1 amide bonds. The highest BCUT2D eigenvalue weighted by Gasteiger charge is 2.17. The van der Waals surface area contributed by atoms with Crippen LogP contribution in [0, 0.1) is 0 Å². The molecule has 0 unspecified atom stereocenters. The summed E-state index contributed by atoms with van der Waals surface area (Å²) in [5, 5.41) is 9.97. The van der Waals surface area contributed by atoms with E-state index in [-0.39, 0.29) is 11.3 Å². The van der Waals surface area contributed by atoms with E-state index in [2.05, 4.69) is 43.2 Å². The van der Waals surface area contributed by atoms with E-state index < -0.39 is 0 Å². The zero-order chi connectivity index (χ0) is 15.0. The lowest BCUT2D eigenvalue weighted by atomic mass is 9.92. The number of aromatic amines is 1. The molecule has 0 aliphatic carbocycles. The quantitative estimate of drug-likeness (QED) is 0.693. The van der Waals surface area contributed by atoms with Crippen LogP contribution in [0.5, 0.6) is 0 Å². The Kier molecular flexibility index (Phi) is 6.76. The van der Waals surface area contributed by atoms with Gasteiger partial charge in [-0.3, -0.25) is 9.89 Å². The molecule has 0 saturated carbocycles. The number of amides is 1. The van der Waals surface area contributed by atoms with Gasteiger partial charge >= 0.3 is 0 Å². The Bertz CT molecular complexity index is 404. The van der Waals surface area contributed by atoms with E-state index in [1.165, 1.54) is 25.7 Å². The molecular formula is C16H29N3O. The maximum absolute atomic E-state index is 11.8. The van der Waals surface area contributed by atoms with Gasteiger partial charge in [0.2, 0.25) is 5.91 Å². The molecule has 4 nitrogen and oxygen atoms in total. The van der Waals surface area contributed by atoms with Crippen LogP contribution in [0.25, 0.3) is 0 Å². The maximum atomic E-state index is 11.8. The normalized spacial score (nSPS) is 11.6. The molecule has 1 rings (SSSR count). The Morgan fingerprint density at radius 3 is 2.45 bits per heavy atom. The predicted molar refractivity (Wildman–Crippen MR) is 83.9 cm³/mol. The highest BCUT2D eigenvalue weighted by Crippen LogP contribution is 2.22. The van der Waals surface area contributed by atoms with E-state index >= 15 is 0 Å². The number of nitrogens with one attached hydrogen (secondary N) is 2. The highest BCUT2D eigenvalue weighted by atomic mass is 16.1. The second-order valence-electron chi connectivity index (χ2n) is 6.48. The average molecular weight is 279 g/mol. The first kappa shape index (κ1) is 16.7. The lowest BCUT2D eigenvalue weighted by Crippen LogP contribution is -2.12. The molecule has 0 radical (unpaired) electrons. The fourth-order valence-electron chi connectivity index (χ4n) is 2.04. The van der Waals surface area contributed by atoms with Gasteiger partial charge in [0.25, 0.3) is 0 Å². The van der Waals surface area contributed by atoms with Gasteiger partial charge in [-0.05, 0) is 6.42 Å². The maximum Gasteiger partial charge on any atom is 0.225 e. The topological polar surface area (TPSA) is 57.8 Å². The summed E-state index contributed by atoms with van der Waals surface area (Å²) in [5.41, 5.74) is 1.06. The molecule has 4 heteroatoms. The lowest BCUT2D eigenvalue weighted by Gasteiger charge is -2.14. The standard InChI is InChI=1S/C16H29N3O/c1-5-6-7-8-9-10-11-15(20)17-14-12-13(18-19-14)16(2,3)4/h12H,5-11H2,1-4H3,(H2,17,18,19,20). The van der Waals surface area contributed by atoms with Gasteiger partial charge in [0, 0.05) is 23.6 Å². The lowest BCUT2D eigenvalue weighted by molar-refractivity contribution is -0.116. The number of H-pyrrole nitrogens is 1. The number of carbonyl (C=O) groups is 1. The van der Waals surface area contributed by atoms with Gasteiger partial charge in [-0.25, -0.2) is 0 Å². The second-order valence-corrected chi connectivity index (χ2v) is 6.48. The summed E-state index contributed by atoms with van der Waals surface area (Å²) in [7, 11) is 0. The number of hydrogen-bond acceptors (Lipinski definition) is 2. The fourth-order valence-corrected chi connectivity index (χ4v) is 2.04. The van der Waals surface area contributed by atoms with Gasteiger partial charge in [0.1, 0.15) is 0 Å². The molecule has 1 aromatic heterocycles. The smallest absolute Gasteiger partial charge is 0.225 e. The van der Waals surface area contributed by atoms with Crippen molar-refractivity contribution in [3.63, 3.8) is 0 Å². The van der Waals surface area contributed by atoms with E-state index in [4.69, 9.17) is 0 Å². The molecular weight excluding hydrogens is 250 g/mol. The van der Waals surface area contributed by atoms with Gasteiger partial charge in [-0.15, -0.1) is 0 Å². The number of carbonyl (C=O) groups excluding carboxylic acids is 1. The summed E-state index contributed by atoms with van der Waals surface area (Å²) in [6.45, 7) is 8.55. The largest absolute Gasteiger partial charge is 0.309 e. The van der Waals surface area contributed by atoms with Crippen molar-refractivity contribution in [2.24, 2.45) is 0 Å². The minimum atomic E-state index is 0.0231. The third kappa shape index (κ3) is 6.22. The predicted octanol–water partition coefficient (Wildman–Crippen LogP) is 4.40. The minimum Gasteiger partial charge on any atom is -0.309 e. The van der Waals surface area contributed by atoms with Gasteiger partial charge in [-0.2, -0.15) is 5.10 Å². The minimum absolute atomic E-state index is 0.0231. The third-order valence-electron chi connectivity index (χ3n) is 3.41. The highest BCUT2D eigenvalue weighted by molar-refractivity contribution is 5.89. The first-order chi connectivity index (χ1) is 9.43. The van der Waals surface area contributed by atoms with Crippen LogP contribution in [0.1, 0.15) is 78.3 Å². The van der Waals surface area contributed by atoms with Gasteiger partial charge < -0.3 is 5.32 Å². The molecule has 0 spiro atoms. The van der Waals surface area contributed by atoms with Crippen LogP contribution in [0.15, 0.2) is 6.07 Å². The second kappa shape index (κ2) is 8.08. The molecule has 2 N–H and O–H groups in total. The number of anilines is 1. The molecule has 0 aliphatic rings. The molecule has 0 aliphatic heterocycles. The van der Waals surface area contributed by atoms with Crippen LogP contribution >= 0.6 is 0 Å². The number of rotatable bonds is 8. The van der Waals surface area contributed by atoms with Crippen molar-refractivity contribution in [3.8, 4) is 0 Å². The molecule has 0 atom stereocenters. The first-order valence-electron chi connectivity index (χ1n) is 7.79. The Morgan fingerprint density at radius 1 is 1.20 bits per heavy atom. The van der Waals surface area contributed by atoms with E-state index in [1.54, 1.807) is 0 Å². The molecule has 114 valence electrons. The molecule has 1 aromatic rings. The molecule has 1 heterocycles. The van der Waals surface area contributed by atoms with Crippen LogP contribution in [0.3, 0.4) is 0 Å². The van der Waals surface area contributed by atoms with Crippen molar-refractivity contribution in [1.82, 2.24) is 10.2 Å². The molecule has 20 heavy (non-hydrogen) atoms. The molecule has 0 saturated heterocycles. The fraction of sp³-hybridized carbons (Fsp3) is 0.750. The van der Waals surface area contributed by atoms with Crippen LogP contribution in [0.2, 0.25) is 0 Å². The number of aromatic nitrogens is 2. The van der Waals surface area contributed by atoms with Crippen LogP contribution in [0.4, 0.5) is 5.82 Å². The SMILES string of the molecule is CCCCCCCCC(=O)Nc1cc(C(C)(C)C)[nH]n1. The van der Waals surface area contributed by atoms with E-state index in [0.717, 1.165) is 18.5 Å². The monoisotopic (exact) mass is 279 g/mol. The van der Waals surface area contributed by atoms with Crippen LogP contribution in [-0.2, 0) is 10.2 Å². The Labute approximate surface area is 122 Å². The zero-order valence-corrected chi connectivity index (χ0v) is 13.4. The first-order valence-corrected chi connectivity index (χ1v) is 7.79. The number of hydrogen-bond donors (Lipinski definition) is 2. The molecule has 0 fully saturated rings.